The molecule has 0 bridgehead atoms. The average molecular weight is 318 g/mol. The molecular weight excluding hydrogens is 300 g/mol. The maximum Gasteiger partial charge on any atom is 0.313 e. The highest BCUT2D eigenvalue weighted by atomic mass is 16.5. The lowest BCUT2D eigenvalue weighted by Gasteiger charge is -2.21. The Bertz CT molecular complexity index is 800. The number of aliphatic hydroxyl groups excluding tert-OH is 1. The Morgan fingerprint density at radius 2 is 1.88 bits per heavy atom. The minimum absolute atomic E-state index is 0.171. The summed E-state index contributed by atoms with van der Waals surface area (Å²) >= 11 is 0. The minimum atomic E-state index is -1.15. The lowest BCUT2D eigenvalue weighted by molar-refractivity contribution is -0.151. The van der Waals surface area contributed by atoms with Crippen molar-refractivity contribution in [1.82, 2.24) is 0 Å². The second-order valence-electron chi connectivity index (χ2n) is 5.29. The number of carbonyl (C=O) groups is 1. The highest BCUT2D eigenvalue weighted by molar-refractivity contribution is 5.77. The van der Waals surface area contributed by atoms with E-state index in [1.165, 1.54) is 7.11 Å². The van der Waals surface area contributed by atoms with Crippen LogP contribution >= 0.6 is 0 Å². The number of aliphatic hydroxyl groups is 1. The third kappa shape index (κ3) is 5.26. The number of rotatable bonds is 3. The molecule has 0 radical (unpaired) electrons. The summed E-state index contributed by atoms with van der Waals surface area (Å²) in [4.78, 5) is 12.1. The maximum absolute atomic E-state index is 12.1. The lowest BCUT2D eigenvalue weighted by Crippen LogP contribution is -2.28. The van der Waals surface area contributed by atoms with Gasteiger partial charge < -0.3 is 9.84 Å². The molecule has 3 heteroatoms. The predicted molar refractivity (Wildman–Crippen MR) is 93.2 cm³/mol. The fourth-order valence-electron chi connectivity index (χ4n) is 1.89. The average Bonchev–Trinajstić information content (AvgIpc) is 2.61. The van der Waals surface area contributed by atoms with Crippen LogP contribution in [0.4, 0.5) is 0 Å². The van der Waals surface area contributed by atoms with Gasteiger partial charge in [-0.25, -0.2) is 0 Å². The monoisotopic (exact) mass is 318 g/mol. The number of methoxy groups -OCH3 is 1. The molecule has 0 amide bonds. The van der Waals surface area contributed by atoms with Crippen molar-refractivity contribution in [3.63, 3.8) is 0 Å². The Morgan fingerprint density at radius 1 is 1.25 bits per heavy atom. The smallest absolute Gasteiger partial charge is 0.313 e. The van der Waals surface area contributed by atoms with E-state index >= 15 is 0 Å². The van der Waals surface area contributed by atoms with Gasteiger partial charge in [-0.1, -0.05) is 47.7 Å². The second-order valence-corrected chi connectivity index (χ2v) is 5.29. The number of hydrogen-bond acceptors (Lipinski definition) is 3. The highest BCUT2D eigenvalue weighted by Crippen LogP contribution is 2.27. The van der Waals surface area contributed by atoms with E-state index in [0.29, 0.717) is 5.56 Å². The topological polar surface area (TPSA) is 46.5 Å². The fraction of sp³-hybridized carbons (Fsp3) is 0.286. The van der Waals surface area contributed by atoms with Crippen LogP contribution in [0.3, 0.4) is 0 Å². The quantitative estimate of drug-likeness (QED) is 0.685. The van der Waals surface area contributed by atoms with Crippen molar-refractivity contribution in [2.75, 3.05) is 7.11 Å². The number of hydrogen-bond donors (Lipinski definition) is 1. The first-order valence-corrected chi connectivity index (χ1v) is 7.22. The molecule has 0 aliphatic carbocycles. The van der Waals surface area contributed by atoms with Gasteiger partial charge in [-0.3, -0.25) is 4.79 Å². The van der Waals surface area contributed by atoms with Gasteiger partial charge in [-0.15, -0.1) is 12.8 Å². The van der Waals surface area contributed by atoms with Crippen molar-refractivity contribution in [1.29, 1.82) is 0 Å². The van der Waals surface area contributed by atoms with Crippen LogP contribution in [0.5, 0.6) is 0 Å². The maximum atomic E-state index is 12.1. The Labute approximate surface area is 143 Å². The van der Waals surface area contributed by atoms with Gasteiger partial charge >= 0.3 is 5.97 Å². The van der Waals surface area contributed by atoms with Gasteiger partial charge in [0, 0.05) is 24.0 Å². The van der Waals surface area contributed by atoms with Gasteiger partial charge in [0.25, 0.3) is 0 Å². The van der Waals surface area contributed by atoms with E-state index in [2.05, 4.69) is 35.5 Å². The standard InChI is InChI=1S/C21H18O3/c1-5-17-11-7-8-12-18(17)13-9-15-21(3,20(23)24-4)16-10-14-19(22)6-2/h1-2,7-8,11-12,19,22H,15-16H2,3-4H3. The molecule has 0 saturated heterocycles. The number of terminal acetylenes is 2. The van der Waals surface area contributed by atoms with Gasteiger partial charge in [-0.2, -0.15) is 0 Å². The molecule has 120 valence electrons. The molecule has 0 aliphatic heterocycles. The summed E-state index contributed by atoms with van der Waals surface area (Å²) in [7, 11) is 1.31. The number of benzene rings is 1. The van der Waals surface area contributed by atoms with Crippen molar-refractivity contribution in [2.24, 2.45) is 5.41 Å². The normalized spacial score (nSPS) is 12.7. The van der Waals surface area contributed by atoms with Gasteiger partial charge in [0.15, 0.2) is 6.10 Å². The predicted octanol–water partition coefficient (Wildman–Crippen LogP) is 1.98. The van der Waals surface area contributed by atoms with Crippen LogP contribution < -0.4 is 0 Å². The second kappa shape index (κ2) is 9.12. The summed E-state index contributed by atoms with van der Waals surface area (Å²) in [6.45, 7) is 1.71. The Hall–Kier alpha value is -3.11. The summed E-state index contributed by atoms with van der Waals surface area (Å²) < 4.78 is 4.84. The molecule has 0 fully saturated rings. The van der Waals surface area contributed by atoms with E-state index < -0.39 is 17.5 Å². The third-order valence-corrected chi connectivity index (χ3v) is 3.34. The summed E-state index contributed by atoms with van der Waals surface area (Å²) in [5.41, 5.74) is 0.497. The molecule has 2 atom stereocenters. The van der Waals surface area contributed by atoms with Gasteiger partial charge in [0.1, 0.15) is 0 Å². The molecule has 1 aromatic rings. The Morgan fingerprint density at radius 3 is 2.46 bits per heavy atom. The summed E-state index contributed by atoms with van der Waals surface area (Å²) in [6, 6.07) is 7.30. The largest absolute Gasteiger partial charge is 0.469 e. The van der Waals surface area contributed by atoms with Crippen molar-refractivity contribution >= 4 is 5.97 Å². The molecule has 1 aromatic carbocycles. The minimum Gasteiger partial charge on any atom is -0.469 e. The van der Waals surface area contributed by atoms with Crippen LogP contribution in [0.2, 0.25) is 0 Å². The zero-order chi connectivity index (χ0) is 18.0. The van der Waals surface area contributed by atoms with Crippen molar-refractivity contribution in [2.45, 2.75) is 25.9 Å². The molecule has 0 aliphatic rings. The molecule has 0 saturated carbocycles. The summed E-state index contributed by atoms with van der Waals surface area (Å²) in [6.07, 6.45) is 9.74. The van der Waals surface area contributed by atoms with E-state index in [1.807, 2.05) is 18.2 Å². The SMILES string of the molecule is C#Cc1ccccc1C#CCC(C)(CC#CC(O)C#C)C(=O)OC. The van der Waals surface area contributed by atoms with Crippen LogP contribution in [-0.4, -0.2) is 24.3 Å². The molecule has 3 nitrogen and oxygen atoms in total. The van der Waals surface area contributed by atoms with Crippen LogP contribution in [0.25, 0.3) is 0 Å². The number of ether oxygens (including phenoxy) is 1. The van der Waals surface area contributed by atoms with Crippen molar-refractivity contribution < 1.29 is 14.6 Å². The number of esters is 1. The van der Waals surface area contributed by atoms with E-state index in [4.69, 9.17) is 17.6 Å². The molecule has 24 heavy (non-hydrogen) atoms. The molecule has 2 unspecified atom stereocenters. The lowest BCUT2D eigenvalue weighted by atomic mass is 9.83. The van der Waals surface area contributed by atoms with Gasteiger partial charge in [0.2, 0.25) is 0 Å². The van der Waals surface area contributed by atoms with Crippen molar-refractivity contribution in [3.05, 3.63) is 35.4 Å². The van der Waals surface area contributed by atoms with Gasteiger partial charge in [-0.05, 0) is 19.1 Å². The first kappa shape index (κ1) is 18.9. The fourth-order valence-corrected chi connectivity index (χ4v) is 1.89. The Balaban J connectivity index is 2.98. The van der Waals surface area contributed by atoms with Crippen molar-refractivity contribution in [3.8, 4) is 48.4 Å². The first-order valence-electron chi connectivity index (χ1n) is 7.22. The molecule has 1 rings (SSSR count). The molecule has 1 N–H and O–H groups in total. The summed E-state index contributed by atoms with van der Waals surface area (Å²) in [5, 5.41) is 9.26. The van der Waals surface area contributed by atoms with E-state index in [-0.39, 0.29) is 12.8 Å². The van der Waals surface area contributed by atoms with Crippen LogP contribution in [-0.2, 0) is 9.53 Å². The number of carbonyl (C=O) groups excluding carboxylic acids is 1. The molecule has 0 aromatic heterocycles. The zero-order valence-corrected chi connectivity index (χ0v) is 13.7. The molecular formula is C21H18O3. The Kier molecular flexibility index (Phi) is 7.20. The van der Waals surface area contributed by atoms with Gasteiger partial charge in [0.05, 0.1) is 12.5 Å². The van der Waals surface area contributed by atoms with Crippen LogP contribution in [0, 0.1) is 53.8 Å². The molecule has 0 spiro atoms. The van der Waals surface area contributed by atoms with Crippen LogP contribution in [0.15, 0.2) is 24.3 Å². The van der Waals surface area contributed by atoms with E-state index in [1.54, 1.807) is 13.0 Å². The first-order chi connectivity index (χ1) is 11.5. The zero-order valence-electron chi connectivity index (χ0n) is 13.7. The van der Waals surface area contributed by atoms with E-state index in [0.717, 1.165) is 5.56 Å². The third-order valence-electron chi connectivity index (χ3n) is 3.34. The molecule has 0 heterocycles. The van der Waals surface area contributed by atoms with E-state index in [9.17, 15) is 9.90 Å². The summed E-state index contributed by atoms with van der Waals surface area (Å²) in [5.74, 6) is 15.4. The highest BCUT2D eigenvalue weighted by Gasteiger charge is 2.32. The van der Waals surface area contributed by atoms with Crippen LogP contribution in [0.1, 0.15) is 30.9 Å².